The van der Waals surface area contributed by atoms with Gasteiger partial charge in [-0.1, -0.05) is 47.1 Å². The van der Waals surface area contributed by atoms with Crippen LogP contribution < -0.4 is 4.74 Å². The molecule has 0 saturated heterocycles. The second-order valence-electron chi connectivity index (χ2n) is 7.05. The largest absolute Gasteiger partial charge is 0.497 e. The molecule has 0 bridgehead atoms. The van der Waals surface area contributed by atoms with Crippen LogP contribution in [0.2, 0.25) is 0 Å². The van der Waals surface area contributed by atoms with Crippen molar-refractivity contribution in [1.82, 2.24) is 19.7 Å². The highest BCUT2D eigenvalue weighted by Crippen LogP contribution is 2.32. The summed E-state index contributed by atoms with van der Waals surface area (Å²) in [6, 6.07) is 16.0. The van der Waals surface area contributed by atoms with Crippen LogP contribution in [-0.4, -0.2) is 26.8 Å². The normalized spacial score (nSPS) is 15.9. The Morgan fingerprint density at radius 3 is 2.62 bits per heavy atom. The number of nitrogens with zero attached hydrogens (tertiary/aromatic N) is 4. The molecule has 2 aromatic carbocycles. The number of rotatable bonds is 4. The van der Waals surface area contributed by atoms with Crippen LogP contribution in [-0.2, 0) is 17.9 Å². The number of fused-ring (bicyclic) bond motifs is 1. The summed E-state index contributed by atoms with van der Waals surface area (Å²) in [4.78, 5) is 9.05. The predicted molar refractivity (Wildman–Crippen MR) is 106 cm³/mol. The molecule has 1 aliphatic rings. The van der Waals surface area contributed by atoms with Crippen LogP contribution >= 0.6 is 0 Å². The van der Waals surface area contributed by atoms with Gasteiger partial charge in [-0.2, -0.15) is 4.98 Å². The van der Waals surface area contributed by atoms with Crippen LogP contribution in [0.25, 0.3) is 23.0 Å². The molecule has 146 valence electrons. The average molecular weight is 388 g/mol. The molecule has 3 heterocycles. The highest BCUT2D eigenvalue weighted by molar-refractivity contribution is 5.59. The monoisotopic (exact) mass is 388 g/mol. The molecule has 5 rings (SSSR count). The van der Waals surface area contributed by atoms with Gasteiger partial charge in [0.05, 0.1) is 32.3 Å². The predicted octanol–water partition coefficient (Wildman–Crippen LogP) is 4.19. The minimum Gasteiger partial charge on any atom is -0.497 e. The van der Waals surface area contributed by atoms with Crippen LogP contribution in [0.3, 0.4) is 0 Å². The summed E-state index contributed by atoms with van der Waals surface area (Å²) < 4.78 is 18.9. The van der Waals surface area contributed by atoms with Gasteiger partial charge in [-0.3, -0.25) is 0 Å². The van der Waals surface area contributed by atoms with Crippen molar-refractivity contribution in [2.24, 2.45) is 0 Å². The fraction of sp³-hybridized carbons (Fsp3) is 0.227. The maximum atomic E-state index is 6.10. The molecule has 1 atom stereocenters. The van der Waals surface area contributed by atoms with E-state index in [-0.39, 0.29) is 6.10 Å². The third-order valence-electron chi connectivity index (χ3n) is 5.16. The highest BCUT2D eigenvalue weighted by Gasteiger charge is 2.26. The van der Waals surface area contributed by atoms with Crippen molar-refractivity contribution in [1.29, 1.82) is 0 Å². The first-order valence-electron chi connectivity index (χ1n) is 9.42. The Balaban J connectivity index is 1.38. The molecular formula is C22H20N4O3. The van der Waals surface area contributed by atoms with Gasteiger partial charge in [0.15, 0.2) is 5.69 Å². The summed E-state index contributed by atoms with van der Waals surface area (Å²) in [6.45, 7) is 3.14. The summed E-state index contributed by atoms with van der Waals surface area (Å²) in [5.74, 6) is 1.78. The Hall–Kier alpha value is -3.45. The van der Waals surface area contributed by atoms with Crippen molar-refractivity contribution in [3.63, 3.8) is 0 Å². The number of aromatic nitrogens is 4. The minimum atomic E-state index is -0.0405. The molecule has 0 unspecified atom stereocenters. The van der Waals surface area contributed by atoms with E-state index < -0.39 is 0 Å². The Morgan fingerprint density at radius 2 is 1.86 bits per heavy atom. The summed E-state index contributed by atoms with van der Waals surface area (Å²) >= 11 is 0. The van der Waals surface area contributed by atoms with E-state index >= 15 is 0 Å². The molecule has 7 nitrogen and oxygen atoms in total. The molecule has 0 spiro atoms. The molecule has 0 aliphatic carbocycles. The van der Waals surface area contributed by atoms with Gasteiger partial charge in [-0.15, -0.1) is 0 Å². The van der Waals surface area contributed by atoms with Gasteiger partial charge in [0.2, 0.25) is 5.82 Å². The molecule has 29 heavy (non-hydrogen) atoms. The topological polar surface area (TPSA) is 75.2 Å². The zero-order valence-corrected chi connectivity index (χ0v) is 16.2. The number of ether oxygens (including phenoxy) is 2. The first-order chi connectivity index (χ1) is 14.2. The number of imidazole rings is 1. The van der Waals surface area contributed by atoms with Crippen molar-refractivity contribution in [2.75, 3.05) is 7.11 Å². The Morgan fingerprint density at radius 1 is 1.07 bits per heavy atom. The summed E-state index contributed by atoms with van der Waals surface area (Å²) in [5, 5.41) is 4.11. The highest BCUT2D eigenvalue weighted by atomic mass is 16.5. The van der Waals surface area contributed by atoms with E-state index in [1.54, 1.807) is 13.4 Å². The Bertz CT molecular complexity index is 1130. The van der Waals surface area contributed by atoms with E-state index in [1.165, 1.54) is 5.56 Å². The summed E-state index contributed by atoms with van der Waals surface area (Å²) in [6.07, 6.45) is 1.76. The van der Waals surface area contributed by atoms with Gasteiger partial charge in [-0.05, 0) is 24.6 Å². The van der Waals surface area contributed by atoms with Crippen molar-refractivity contribution in [2.45, 2.75) is 26.2 Å². The third kappa shape index (κ3) is 3.30. The lowest BCUT2D eigenvalue weighted by Gasteiger charge is -2.25. The second kappa shape index (κ2) is 7.18. The Labute approximate surface area is 167 Å². The van der Waals surface area contributed by atoms with E-state index in [2.05, 4.69) is 19.7 Å². The zero-order chi connectivity index (χ0) is 19.8. The van der Waals surface area contributed by atoms with Crippen molar-refractivity contribution in [3.8, 4) is 28.7 Å². The molecule has 7 heteroatoms. The van der Waals surface area contributed by atoms with Crippen molar-refractivity contribution in [3.05, 3.63) is 71.7 Å². The quantitative estimate of drug-likeness (QED) is 0.522. The number of hydrogen-bond donors (Lipinski definition) is 0. The lowest BCUT2D eigenvalue weighted by Crippen LogP contribution is -2.20. The first kappa shape index (κ1) is 17.6. The van der Waals surface area contributed by atoms with Crippen molar-refractivity contribution >= 4 is 0 Å². The number of methoxy groups -OCH3 is 1. The second-order valence-corrected chi connectivity index (χ2v) is 7.05. The molecule has 0 amide bonds. The smallest absolute Gasteiger partial charge is 0.278 e. The van der Waals surface area contributed by atoms with Gasteiger partial charge in [0.25, 0.3) is 5.89 Å². The third-order valence-corrected chi connectivity index (χ3v) is 5.16. The van der Waals surface area contributed by atoms with Crippen LogP contribution in [0.4, 0.5) is 0 Å². The molecule has 0 N–H and O–H groups in total. The first-order valence-corrected chi connectivity index (χ1v) is 9.42. The van der Waals surface area contributed by atoms with Gasteiger partial charge in [0, 0.05) is 5.56 Å². The van der Waals surface area contributed by atoms with Gasteiger partial charge in [-0.25, -0.2) is 4.98 Å². The number of aryl methyl sites for hydroxylation is 1. The molecule has 2 aromatic heterocycles. The molecule has 1 aliphatic heterocycles. The van der Waals surface area contributed by atoms with Gasteiger partial charge >= 0.3 is 0 Å². The zero-order valence-electron chi connectivity index (χ0n) is 16.2. The summed E-state index contributed by atoms with van der Waals surface area (Å²) in [7, 11) is 1.66. The fourth-order valence-electron chi connectivity index (χ4n) is 3.47. The van der Waals surface area contributed by atoms with Crippen LogP contribution in [0.1, 0.15) is 22.9 Å². The standard InChI is InChI=1S/C22H20N4O3/c1-14-3-5-16(6-4-14)21-24-22(29-25-21)20-18-12-28-19(11-26(18)13-23-20)15-7-9-17(27-2)10-8-15/h3-10,13,19H,11-12H2,1-2H3/t19-/m0/s1. The van der Waals surface area contributed by atoms with Gasteiger partial charge < -0.3 is 18.6 Å². The molecular weight excluding hydrogens is 368 g/mol. The van der Waals surface area contributed by atoms with Crippen LogP contribution in [0, 0.1) is 6.92 Å². The fourth-order valence-corrected chi connectivity index (χ4v) is 3.47. The van der Waals surface area contributed by atoms with E-state index in [9.17, 15) is 0 Å². The molecule has 0 radical (unpaired) electrons. The number of hydrogen-bond acceptors (Lipinski definition) is 6. The van der Waals surface area contributed by atoms with E-state index in [1.807, 2.05) is 55.5 Å². The lowest BCUT2D eigenvalue weighted by molar-refractivity contribution is 0.00328. The Kier molecular flexibility index (Phi) is 4.37. The van der Waals surface area contributed by atoms with Crippen molar-refractivity contribution < 1.29 is 14.0 Å². The molecule has 0 fully saturated rings. The lowest BCUT2D eigenvalue weighted by atomic mass is 10.1. The van der Waals surface area contributed by atoms with E-state index in [0.29, 0.717) is 30.6 Å². The maximum Gasteiger partial charge on any atom is 0.278 e. The van der Waals surface area contributed by atoms with Gasteiger partial charge in [0.1, 0.15) is 11.9 Å². The number of benzene rings is 2. The molecule has 0 saturated carbocycles. The van der Waals surface area contributed by atoms with E-state index in [4.69, 9.17) is 14.0 Å². The minimum absolute atomic E-state index is 0.0405. The van der Waals surface area contributed by atoms with Crippen LogP contribution in [0.5, 0.6) is 5.75 Å². The summed E-state index contributed by atoms with van der Waals surface area (Å²) in [5.41, 5.74) is 4.81. The average Bonchev–Trinajstić information content (AvgIpc) is 3.41. The molecule has 4 aromatic rings. The SMILES string of the molecule is COc1ccc([C@@H]2Cn3cnc(-c4nc(-c5ccc(C)cc5)no4)c3CO2)cc1. The van der Waals surface area contributed by atoms with E-state index in [0.717, 1.165) is 22.6 Å². The van der Waals surface area contributed by atoms with Crippen LogP contribution in [0.15, 0.2) is 59.4 Å². The maximum absolute atomic E-state index is 6.10.